The SMILES string of the molecule is O=C(NC1CCc2ccccc21)C1CCN(S(=O)(=O)c2cccnc2)CC1. The maximum atomic E-state index is 12.7. The number of nitrogens with zero attached hydrogens (tertiary/aromatic N) is 2. The van der Waals surface area contributed by atoms with E-state index in [1.165, 1.54) is 21.6 Å². The van der Waals surface area contributed by atoms with Crippen LogP contribution in [0, 0.1) is 5.92 Å². The lowest BCUT2D eigenvalue weighted by Crippen LogP contribution is -2.43. The van der Waals surface area contributed by atoms with Gasteiger partial charge in [0, 0.05) is 31.4 Å². The molecule has 27 heavy (non-hydrogen) atoms. The van der Waals surface area contributed by atoms with Crippen molar-refractivity contribution >= 4 is 15.9 Å². The molecular formula is C20H23N3O3S. The molecule has 2 aromatic rings. The summed E-state index contributed by atoms with van der Waals surface area (Å²) in [6.45, 7) is 0.715. The Morgan fingerprint density at radius 2 is 1.85 bits per heavy atom. The van der Waals surface area contributed by atoms with Crippen LogP contribution in [0.5, 0.6) is 0 Å². The Bertz CT molecular complexity index is 922. The van der Waals surface area contributed by atoms with E-state index in [1.807, 2.05) is 12.1 Å². The molecule has 1 aromatic heterocycles. The van der Waals surface area contributed by atoms with Gasteiger partial charge < -0.3 is 5.32 Å². The van der Waals surface area contributed by atoms with Gasteiger partial charge in [0.1, 0.15) is 4.90 Å². The van der Waals surface area contributed by atoms with Gasteiger partial charge in [-0.15, -0.1) is 0 Å². The first-order valence-corrected chi connectivity index (χ1v) is 10.8. The van der Waals surface area contributed by atoms with Crippen LogP contribution in [-0.2, 0) is 21.2 Å². The molecule has 4 rings (SSSR count). The van der Waals surface area contributed by atoms with Crippen molar-refractivity contribution in [2.75, 3.05) is 13.1 Å². The van der Waals surface area contributed by atoms with Gasteiger partial charge in [0.15, 0.2) is 0 Å². The first kappa shape index (κ1) is 18.1. The fourth-order valence-corrected chi connectivity index (χ4v) is 5.44. The summed E-state index contributed by atoms with van der Waals surface area (Å²) in [5.41, 5.74) is 2.52. The van der Waals surface area contributed by atoms with Gasteiger partial charge >= 0.3 is 0 Å². The number of hydrogen-bond acceptors (Lipinski definition) is 4. The summed E-state index contributed by atoms with van der Waals surface area (Å²) in [5, 5.41) is 3.17. The number of pyridine rings is 1. The average Bonchev–Trinajstić information content (AvgIpc) is 3.12. The topological polar surface area (TPSA) is 79.4 Å². The molecule has 2 aliphatic rings. The first-order chi connectivity index (χ1) is 13.1. The highest BCUT2D eigenvalue weighted by molar-refractivity contribution is 7.89. The standard InChI is InChI=1S/C20H23N3O3S/c24-20(22-19-8-7-15-4-1-2-6-18(15)19)16-9-12-23(13-10-16)27(25,26)17-5-3-11-21-14-17/h1-6,11,14,16,19H,7-10,12-13H2,(H,22,24). The number of piperidine rings is 1. The molecule has 1 aliphatic heterocycles. The molecule has 1 atom stereocenters. The average molecular weight is 385 g/mol. The second-order valence-corrected chi connectivity index (χ2v) is 9.10. The molecule has 1 amide bonds. The summed E-state index contributed by atoms with van der Waals surface area (Å²) < 4.78 is 26.8. The molecule has 6 nitrogen and oxygen atoms in total. The highest BCUT2D eigenvalue weighted by Gasteiger charge is 2.33. The summed E-state index contributed by atoms with van der Waals surface area (Å²) >= 11 is 0. The molecule has 1 saturated heterocycles. The van der Waals surface area contributed by atoms with Crippen LogP contribution in [0.1, 0.15) is 36.4 Å². The maximum absolute atomic E-state index is 12.7. The molecule has 0 radical (unpaired) electrons. The fraction of sp³-hybridized carbons (Fsp3) is 0.400. The number of amides is 1. The summed E-state index contributed by atoms with van der Waals surface area (Å²) in [6.07, 6.45) is 5.92. The molecule has 1 fully saturated rings. The van der Waals surface area contributed by atoms with Crippen molar-refractivity contribution in [2.45, 2.75) is 36.6 Å². The lowest BCUT2D eigenvalue weighted by atomic mass is 9.96. The monoisotopic (exact) mass is 385 g/mol. The van der Waals surface area contributed by atoms with E-state index in [0.717, 1.165) is 12.8 Å². The van der Waals surface area contributed by atoms with Gasteiger partial charge in [-0.3, -0.25) is 9.78 Å². The number of aromatic nitrogens is 1. The minimum atomic E-state index is -3.53. The molecule has 0 saturated carbocycles. The number of rotatable bonds is 4. The fourth-order valence-electron chi connectivity index (χ4n) is 4.00. The predicted octanol–water partition coefficient (Wildman–Crippen LogP) is 2.29. The van der Waals surface area contributed by atoms with E-state index in [2.05, 4.69) is 22.4 Å². The predicted molar refractivity (Wildman–Crippen MR) is 101 cm³/mol. The van der Waals surface area contributed by atoms with Crippen LogP contribution in [-0.4, -0.2) is 36.7 Å². The molecule has 1 aromatic carbocycles. The van der Waals surface area contributed by atoms with E-state index in [4.69, 9.17) is 0 Å². The molecule has 0 spiro atoms. The number of carbonyl (C=O) groups is 1. The van der Waals surface area contributed by atoms with Gasteiger partial charge in [-0.05, 0) is 48.9 Å². The van der Waals surface area contributed by atoms with E-state index < -0.39 is 10.0 Å². The number of benzene rings is 1. The molecular weight excluding hydrogens is 362 g/mol. The van der Waals surface area contributed by atoms with Crippen LogP contribution >= 0.6 is 0 Å². The molecule has 2 heterocycles. The van der Waals surface area contributed by atoms with Gasteiger partial charge in [0.25, 0.3) is 0 Å². The molecule has 142 valence electrons. The Hall–Kier alpha value is -2.25. The van der Waals surface area contributed by atoms with Gasteiger partial charge in [0.05, 0.1) is 6.04 Å². The van der Waals surface area contributed by atoms with E-state index >= 15 is 0 Å². The van der Waals surface area contributed by atoms with Gasteiger partial charge in [0.2, 0.25) is 15.9 Å². The van der Waals surface area contributed by atoms with E-state index in [-0.39, 0.29) is 22.8 Å². The van der Waals surface area contributed by atoms with Crippen molar-refractivity contribution in [3.05, 3.63) is 59.9 Å². The number of fused-ring (bicyclic) bond motifs is 1. The zero-order valence-electron chi connectivity index (χ0n) is 15.0. The van der Waals surface area contributed by atoms with Crippen LogP contribution in [0.4, 0.5) is 0 Å². The van der Waals surface area contributed by atoms with Crippen LogP contribution in [0.2, 0.25) is 0 Å². The Morgan fingerprint density at radius 3 is 2.59 bits per heavy atom. The van der Waals surface area contributed by atoms with E-state index in [0.29, 0.717) is 25.9 Å². The van der Waals surface area contributed by atoms with E-state index in [9.17, 15) is 13.2 Å². The van der Waals surface area contributed by atoms with Crippen molar-refractivity contribution in [3.8, 4) is 0 Å². The Kier molecular flexibility index (Phi) is 4.97. The molecule has 1 aliphatic carbocycles. The number of carbonyl (C=O) groups excluding carboxylic acids is 1. The molecule has 7 heteroatoms. The zero-order valence-corrected chi connectivity index (χ0v) is 15.9. The van der Waals surface area contributed by atoms with Crippen LogP contribution in [0.25, 0.3) is 0 Å². The van der Waals surface area contributed by atoms with Gasteiger partial charge in [-0.1, -0.05) is 24.3 Å². The van der Waals surface area contributed by atoms with Gasteiger partial charge in [-0.2, -0.15) is 4.31 Å². The minimum absolute atomic E-state index is 0.0372. The Labute approximate surface area is 159 Å². The van der Waals surface area contributed by atoms with Crippen LogP contribution < -0.4 is 5.32 Å². The highest BCUT2D eigenvalue weighted by atomic mass is 32.2. The zero-order chi connectivity index (χ0) is 18.9. The van der Waals surface area contributed by atoms with Crippen molar-refractivity contribution in [1.82, 2.24) is 14.6 Å². The van der Waals surface area contributed by atoms with Crippen molar-refractivity contribution in [3.63, 3.8) is 0 Å². The first-order valence-electron chi connectivity index (χ1n) is 9.34. The smallest absolute Gasteiger partial charge is 0.244 e. The third kappa shape index (κ3) is 3.61. The second kappa shape index (κ2) is 7.40. The van der Waals surface area contributed by atoms with Crippen molar-refractivity contribution < 1.29 is 13.2 Å². The van der Waals surface area contributed by atoms with Crippen LogP contribution in [0.3, 0.4) is 0 Å². The van der Waals surface area contributed by atoms with Crippen molar-refractivity contribution in [1.29, 1.82) is 0 Å². The third-order valence-electron chi connectivity index (χ3n) is 5.55. The van der Waals surface area contributed by atoms with E-state index in [1.54, 1.807) is 18.3 Å². The molecule has 1 unspecified atom stereocenters. The lowest BCUT2D eigenvalue weighted by Gasteiger charge is -2.31. The highest BCUT2D eigenvalue weighted by Crippen LogP contribution is 2.32. The summed E-state index contributed by atoms with van der Waals surface area (Å²) in [7, 11) is -3.53. The Balaban J connectivity index is 1.36. The number of hydrogen-bond donors (Lipinski definition) is 1. The third-order valence-corrected chi connectivity index (χ3v) is 7.43. The summed E-state index contributed by atoms with van der Waals surface area (Å²) in [6, 6.07) is 11.5. The van der Waals surface area contributed by atoms with Gasteiger partial charge in [-0.25, -0.2) is 8.42 Å². The largest absolute Gasteiger partial charge is 0.349 e. The number of nitrogens with one attached hydrogen (secondary N) is 1. The van der Waals surface area contributed by atoms with Crippen molar-refractivity contribution in [2.24, 2.45) is 5.92 Å². The maximum Gasteiger partial charge on any atom is 0.244 e. The number of aryl methyl sites for hydroxylation is 1. The molecule has 1 N–H and O–H groups in total. The Morgan fingerprint density at radius 1 is 1.07 bits per heavy atom. The second-order valence-electron chi connectivity index (χ2n) is 7.17. The minimum Gasteiger partial charge on any atom is -0.349 e. The normalized spacial score (nSPS) is 21.0. The van der Waals surface area contributed by atoms with Crippen LogP contribution in [0.15, 0.2) is 53.7 Å². The quantitative estimate of drug-likeness (QED) is 0.876. The molecule has 0 bridgehead atoms. The summed E-state index contributed by atoms with van der Waals surface area (Å²) in [4.78, 5) is 16.8. The lowest BCUT2D eigenvalue weighted by molar-refractivity contribution is -0.126. The summed E-state index contributed by atoms with van der Waals surface area (Å²) in [5.74, 6) is -0.103. The number of sulfonamides is 1.